The highest BCUT2D eigenvalue weighted by Crippen LogP contribution is 2.29. The second-order valence-electron chi connectivity index (χ2n) is 6.10. The first-order valence-corrected chi connectivity index (χ1v) is 11.7. The molecule has 1 heterocycles. The minimum atomic E-state index is -3.65. The molecule has 9 nitrogen and oxygen atoms in total. The van der Waals surface area contributed by atoms with Crippen LogP contribution in [0.15, 0.2) is 28.3 Å². The fraction of sp³-hybridized carbons (Fsp3) is 0.500. The van der Waals surface area contributed by atoms with Gasteiger partial charge in [-0.1, -0.05) is 32.5 Å². The summed E-state index contributed by atoms with van der Waals surface area (Å²) in [5, 5.41) is 11.5. The zero-order valence-corrected chi connectivity index (χ0v) is 18.9. The van der Waals surface area contributed by atoms with Gasteiger partial charge in [-0.15, -0.1) is 10.2 Å². The Morgan fingerprint density at radius 3 is 2.48 bits per heavy atom. The average Bonchev–Trinajstić information content (AvgIpc) is 3.06. The summed E-state index contributed by atoms with van der Waals surface area (Å²) < 4.78 is 34.0. The van der Waals surface area contributed by atoms with E-state index in [4.69, 9.17) is 4.74 Å². The molecule has 0 aliphatic carbocycles. The Balaban J connectivity index is 2.18. The third kappa shape index (κ3) is 5.28. The minimum Gasteiger partial charge on any atom is -0.495 e. The van der Waals surface area contributed by atoms with Crippen LogP contribution < -0.4 is 10.1 Å². The van der Waals surface area contributed by atoms with Gasteiger partial charge in [0.1, 0.15) is 11.6 Å². The highest BCUT2D eigenvalue weighted by Gasteiger charge is 2.23. The Bertz CT molecular complexity index is 955. The molecule has 0 radical (unpaired) electrons. The fourth-order valence-electron chi connectivity index (χ4n) is 2.75. The number of aryl methyl sites for hydroxylation is 1. The van der Waals surface area contributed by atoms with Gasteiger partial charge in [0.2, 0.25) is 15.9 Å². The molecule has 11 heteroatoms. The number of aromatic nitrogens is 3. The van der Waals surface area contributed by atoms with Crippen LogP contribution in [0.4, 0.5) is 5.69 Å². The van der Waals surface area contributed by atoms with Crippen molar-refractivity contribution >= 4 is 33.4 Å². The van der Waals surface area contributed by atoms with Crippen LogP contribution in [-0.4, -0.2) is 59.3 Å². The molecular weight excluding hydrogens is 414 g/mol. The molecule has 0 saturated carbocycles. The number of sulfonamides is 1. The Kier molecular flexibility index (Phi) is 8.05. The molecule has 1 N–H and O–H groups in total. The second kappa shape index (κ2) is 10.1. The topological polar surface area (TPSA) is 106 Å². The van der Waals surface area contributed by atoms with E-state index in [1.165, 1.54) is 41.4 Å². The van der Waals surface area contributed by atoms with Crippen molar-refractivity contribution in [3.8, 4) is 5.75 Å². The van der Waals surface area contributed by atoms with Crippen LogP contribution in [0.1, 0.15) is 26.6 Å². The first-order valence-electron chi connectivity index (χ1n) is 9.27. The predicted octanol–water partition coefficient (Wildman–Crippen LogP) is 2.15. The number of carbonyl (C=O) groups excluding carboxylic acids is 1. The van der Waals surface area contributed by atoms with Crippen molar-refractivity contribution in [2.75, 3.05) is 31.3 Å². The van der Waals surface area contributed by atoms with Gasteiger partial charge >= 0.3 is 0 Å². The molecule has 1 amide bonds. The maximum atomic E-state index is 12.8. The van der Waals surface area contributed by atoms with Crippen molar-refractivity contribution in [1.29, 1.82) is 0 Å². The first kappa shape index (κ1) is 23.2. The van der Waals surface area contributed by atoms with E-state index < -0.39 is 10.0 Å². The molecule has 0 aliphatic heterocycles. The van der Waals surface area contributed by atoms with E-state index in [-0.39, 0.29) is 16.6 Å². The van der Waals surface area contributed by atoms with Crippen molar-refractivity contribution in [1.82, 2.24) is 19.1 Å². The number of anilines is 1. The molecule has 1 aromatic heterocycles. The molecular formula is C18H27N5O4S2. The van der Waals surface area contributed by atoms with Gasteiger partial charge in [-0.05, 0) is 18.2 Å². The number of rotatable bonds is 10. The lowest BCUT2D eigenvalue weighted by Crippen LogP contribution is -2.30. The molecule has 0 fully saturated rings. The number of thioether (sulfide) groups is 1. The molecule has 0 atom stereocenters. The number of amides is 1. The number of carbonyl (C=O) groups is 1. The molecule has 29 heavy (non-hydrogen) atoms. The SMILES string of the molecule is CCc1nnc(SCC(=O)Nc2cc(S(=O)(=O)N(CC)CC)ccc2OC)n1C. The lowest BCUT2D eigenvalue weighted by molar-refractivity contribution is -0.113. The second-order valence-corrected chi connectivity index (χ2v) is 8.98. The zero-order chi connectivity index (χ0) is 21.6. The molecule has 160 valence electrons. The van der Waals surface area contributed by atoms with Gasteiger partial charge in [0.25, 0.3) is 0 Å². The maximum absolute atomic E-state index is 12.8. The number of nitrogens with zero attached hydrogens (tertiary/aromatic N) is 4. The summed E-state index contributed by atoms with van der Waals surface area (Å²) in [5.74, 6) is 1.02. The first-order chi connectivity index (χ1) is 13.8. The number of hydrogen-bond donors (Lipinski definition) is 1. The number of hydrogen-bond acceptors (Lipinski definition) is 7. The minimum absolute atomic E-state index is 0.103. The molecule has 2 rings (SSSR count). The van der Waals surface area contributed by atoms with Gasteiger partial charge in [-0.3, -0.25) is 4.79 Å². The summed E-state index contributed by atoms with van der Waals surface area (Å²) in [6.45, 7) is 6.26. The average molecular weight is 442 g/mol. The van der Waals surface area contributed by atoms with E-state index in [9.17, 15) is 13.2 Å². The smallest absolute Gasteiger partial charge is 0.243 e. The summed E-state index contributed by atoms with van der Waals surface area (Å²) in [5.41, 5.74) is 0.304. The van der Waals surface area contributed by atoms with Gasteiger partial charge in [0.15, 0.2) is 5.16 Å². The number of methoxy groups -OCH3 is 1. The third-order valence-electron chi connectivity index (χ3n) is 4.36. The summed E-state index contributed by atoms with van der Waals surface area (Å²) in [4.78, 5) is 12.5. The Hall–Kier alpha value is -2.11. The highest BCUT2D eigenvalue weighted by atomic mass is 32.2. The normalized spacial score (nSPS) is 11.7. The van der Waals surface area contributed by atoms with E-state index in [2.05, 4.69) is 15.5 Å². The van der Waals surface area contributed by atoms with Gasteiger partial charge in [0.05, 0.1) is 23.4 Å². The number of benzene rings is 1. The molecule has 0 spiro atoms. The van der Waals surface area contributed by atoms with E-state index in [1.807, 2.05) is 18.5 Å². The van der Waals surface area contributed by atoms with Crippen LogP contribution in [0, 0.1) is 0 Å². The zero-order valence-electron chi connectivity index (χ0n) is 17.3. The van der Waals surface area contributed by atoms with Crippen LogP contribution in [-0.2, 0) is 28.3 Å². The summed E-state index contributed by atoms with van der Waals surface area (Å²) in [7, 11) is -0.333. The van der Waals surface area contributed by atoms with E-state index in [0.29, 0.717) is 29.7 Å². The van der Waals surface area contributed by atoms with Gasteiger partial charge in [0, 0.05) is 26.6 Å². The van der Waals surface area contributed by atoms with Crippen molar-refractivity contribution in [3.05, 3.63) is 24.0 Å². The van der Waals surface area contributed by atoms with Crippen LogP contribution >= 0.6 is 11.8 Å². The summed E-state index contributed by atoms with van der Waals surface area (Å²) in [6.07, 6.45) is 0.751. The van der Waals surface area contributed by atoms with Crippen molar-refractivity contribution in [2.24, 2.45) is 7.05 Å². The quantitative estimate of drug-likeness (QED) is 0.563. The van der Waals surface area contributed by atoms with Crippen LogP contribution in [0.25, 0.3) is 0 Å². The molecule has 0 unspecified atom stereocenters. The van der Waals surface area contributed by atoms with Gasteiger partial charge < -0.3 is 14.6 Å². The molecule has 0 bridgehead atoms. The largest absolute Gasteiger partial charge is 0.495 e. The Labute approximate surface area is 175 Å². The van der Waals surface area contributed by atoms with Gasteiger partial charge in [-0.2, -0.15) is 4.31 Å². The highest BCUT2D eigenvalue weighted by molar-refractivity contribution is 7.99. The summed E-state index contributed by atoms with van der Waals surface area (Å²) >= 11 is 1.26. The van der Waals surface area contributed by atoms with Gasteiger partial charge in [-0.25, -0.2) is 8.42 Å². The standard InChI is InChI=1S/C18H27N5O4S2/c1-6-16-20-21-18(22(16)4)28-12-17(24)19-14-11-13(9-10-15(14)27-5)29(25,26)23(7-2)8-3/h9-11H,6-8,12H2,1-5H3,(H,19,24). The van der Waals surface area contributed by atoms with Crippen molar-refractivity contribution in [2.45, 2.75) is 37.2 Å². The number of nitrogens with one attached hydrogen (secondary N) is 1. The molecule has 0 saturated heterocycles. The maximum Gasteiger partial charge on any atom is 0.243 e. The van der Waals surface area contributed by atoms with Crippen LogP contribution in [0.3, 0.4) is 0 Å². The Morgan fingerprint density at radius 2 is 1.93 bits per heavy atom. The van der Waals surface area contributed by atoms with Crippen LogP contribution in [0.2, 0.25) is 0 Å². The number of ether oxygens (including phenoxy) is 1. The van der Waals surface area contributed by atoms with Crippen molar-refractivity contribution < 1.29 is 17.9 Å². The van der Waals surface area contributed by atoms with Crippen molar-refractivity contribution in [3.63, 3.8) is 0 Å². The lowest BCUT2D eigenvalue weighted by Gasteiger charge is -2.19. The predicted molar refractivity (Wildman–Crippen MR) is 113 cm³/mol. The van der Waals surface area contributed by atoms with E-state index in [0.717, 1.165) is 12.2 Å². The van der Waals surface area contributed by atoms with Crippen LogP contribution in [0.5, 0.6) is 5.75 Å². The summed E-state index contributed by atoms with van der Waals surface area (Å²) in [6, 6.07) is 4.44. The van der Waals surface area contributed by atoms with E-state index in [1.54, 1.807) is 13.8 Å². The Morgan fingerprint density at radius 1 is 1.24 bits per heavy atom. The monoisotopic (exact) mass is 441 g/mol. The molecule has 1 aromatic carbocycles. The van der Waals surface area contributed by atoms with E-state index >= 15 is 0 Å². The molecule has 0 aliphatic rings. The fourth-order valence-corrected chi connectivity index (χ4v) is 4.97. The lowest BCUT2D eigenvalue weighted by atomic mass is 10.3. The third-order valence-corrected chi connectivity index (χ3v) is 7.43. The molecule has 2 aromatic rings.